The number of rotatable bonds is 6. The molecule has 5 nitrogen and oxygen atoms in total. The normalized spacial score (nSPS) is 24.1. The molecule has 2 fully saturated rings. The Labute approximate surface area is 114 Å². The van der Waals surface area contributed by atoms with Crippen molar-refractivity contribution in [3.63, 3.8) is 0 Å². The molecule has 2 amide bonds. The zero-order chi connectivity index (χ0) is 13.8. The Morgan fingerprint density at radius 2 is 2.21 bits per heavy atom. The Hall–Kier alpha value is -1.36. The molecular weight excluding hydrogens is 244 g/mol. The molecule has 1 aliphatic carbocycles. The van der Waals surface area contributed by atoms with E-state index in [0.717, 1.165) is 18.4 Å². The van der Waals surface area contributed by atoms with E-state index in [1.165, 1.54) is 0 Å². The molecular formula is C14H22N2O3. The quantitative estimate of drug-likeness (QED) is 0.569. The third-order valence-electron chi connectivity index (χ3n) is 3.45. The summed E-state index contributed by atoms with van der Waals surface area (Å²) in [5.41, 5.74) is 0.967. The molecule has 1 atom stereocenters. The van der Waals surface area contributed by atoms with E-state index in [2.05, 4.69) is 11.9 Å². The van der Waals surface area contributed by atoms with Crippen molar-refractivity contribution < 1.29 is 14.3 Å². The number of amides is 2. The van der Waals surface area contributed by atoms with E-state index in [1.807, 2.05) is 6.92 Å². The lowest BCUT2D eigenvalue weighted by Gasteiger charge is -2.23. The van der Waals surface area contributed by atoms with E-state index in [4.69, 9.17) is 4.74 Å². The summed E-state index contributed by atoms with van der Waals surface area (Å²) in [6.07, 6.45) is 2.46. The second-order valence-electron chi connectivity index (χ2n) is 5.47. The summed E-state index contributed by atoms with van der Waals surface area (Å²) in [4.78, 5) is 25.7. The lowest BCUT2D eigenvalue weighted by Crippen LogP contribution is -2.46. The standard InChI is InChI=1S/C14H22N2O3/c1-10(2)9-19-8-7-16-6-5-12(17)15-13(14(16)18)11-3-4-11/h11,13H,1,3-9H2,2H3,(H,15,17). The lowest BCUT2D eigenvalue weighted by molar-refractivity contribution is -0.134. The molecule has 0 aromatic heterocycles. The zero-order valence-electron chi connectivity index (χ0n) is 11.5. The molecule has 2 aliphatic rings. The van der Waals surface area contributed by atoms with E-state index in [1.54, 1.807) is 4.90 Å². The smallest absolute Gasteiger partial charge is 0.245 e. The average Bonchev–Trinajstić information content (AvgIpc) is 3.17. The number of nitrogens with one attached hydrogen (secondary N) is 1. The summed E-state index contributed by atoms with van der Waals surface area (Å²) >= 11 is 0. The van der Waals surface area contributed by atoms with Crippen LogP contribution in [-0.2, 0) is 14.3 Å². The molecule has 1 N–H and O–H groups in total. The maximum Gasteiger partial charge on any atom is 0.245 e. The molecule has 0 spiro atoms. The molecule has 0 aromatic carbocycles. The van der Waals surface area contributed by atoms with Gasteiger partial charge in [0.1, 0.15) is 6.04 Å². The van der Waals surface area contributed by atoms with Gasteiger partial charge in [0.15, 0.2) is 0 Å². The van der Waals surface area contributed by atoms with Crippen molar-refractivity contribution in [2.45, 2.75) is 32.2 Å². The van der Waals surface area contributed by atoms with E-state index >= 15 is 0 Å². The summed E-state index contributed by atoms with van der Waals surface area (Å²) in [6.45, 7) is 7.71. The van der Waals surface area contributed by atoms with Gasteiger partial charge in [0, 0.05) is 19.5 Å². The van der Waals surface area contributed by atoms with E-state index in [-0.39, 0.29) is 17.9 Å². The molecule has 5 heteroatoms. The van der Waals surface area contributed by atoms with E-state index in [9.17, 15) is 9.59 Å². The van der Waals surface area contributed by atoms with Gasteiger partial charge in [-0.15, -0.1) is 0 Å². The van der Waals surface area contributed by atoms with Gasteiger partial charge in [0.25, 0.3) is 0 Å². The van der Waals surface area contributed by atoms with Crippen LogP contribution >= 0.6 is 0 Å². The fraction of sp³-hybridized carbons (Fsp3) is 0.714. The van der Waals surface area contributed by atoms with Crippen LogP contribution in [0.5, 0.6) is 0 Å². The minimum Gasteiger partial charge on any atom is -0.375 e. The van der Waals surface area contributed by atoms with Gasteiger partial charge in [-0.3, -0.25) is 9.59 Å². The zero-order valence-corrected chi connectivity index (χ0v) is 11.5. The van der Waals surface area contributed by atoms with Gasteiger partial charge in [-0.2, -0.15) is 0 Å². The van der Waals surface area contributed by atoms with Crippen LogP contribution in [0.1, 0.15) is 26.2 Å². The molecule has 1 saturated heterocycles. The highest BCUT2D eigenvalue weighted by molar-refractivity contribution is 5.90. The van der Waals surface area contributed by atoms with Crippen molar-refractivity contribution in [3.05, 3.63) is 12.2 Å². The molecule has 0 aromatic rings. The molecule has 106 valence electrons. The minimum atomic E-state index is -0.309. The predicted molar refractivity (Wildman–Crippen MR) is 71.5 cm³/mol. The molecule has 2 rings (SSSR count). The highest BCUT2D eigenvalue weighted by Crippen LogP contribution is 2.34. The Kier molecular flexibility index (Phi) is 4.58. The Bertz CT molecular complexity index is 377. The first kappa shape index (κ1) is 14.1. The molecule has 19 heavy (non-hydrogen) atoms. The molecule has 0 bridgehead atoms. The van der Waals surface area contributed by atoms with Gasteiger partial charge in [-0.1, -0.05) is 12.2 Å². The van der Waals surface area contributed by atoms with Crippen molar-refractivity contribution in [2.24, 2.45) is 5.92 Å². The number of ether oxygens (including phenoxy) is 1. The highest BCUT2D eigenvalue weighted by atomic mass is 16.5. The van der Waals surface area contributed by atoms with Crippen LogP contribution in [0.3, 0.4) is 0 Å². The fourth-order valence-corrected chi connectivity index (χ4v) is 2.24. The second-order valence-corrected chi connectivity index (χ2v) is 5.47. The van der Waals surface area contributed by atoms with Crippen LogP contribution in [0.15, 0.2) is 12.2 Å². The van der Waals surface area contributed by atoms with Crippen molar-refractivity contribution in [1.82, 2.24) is 10.2 Å². The van der Waals surface area contributed by atoms with Crippen LogP contribution in [0.4, 0.5) is 0 Å². The van der Waals surface area contributed by atoms with Gasteiger partial charge in [-0.05, 0) is 25.7 Å². The predicted octanol–water partition coefficient (Wildman–Crippen LogP) is 0.706. The second kappa shape index (κ2) is 6.19. The first-order chi connectivity index (χ1) is 9.08. The molecule has 0 radical (unpaired) electrons. The number of hydrogen-bond acceptors (Lipinski definition) is 3. The summed E-state index contributed by atoms with van der Waals surface area (Å²) in [6, 6.07) is -0.309. The van der Waals surface area contributed by atoms with Crippen molar-refractivity contribution >= 4 is 11.8 Å². The lowest BCUT2D eigenvalue weighted by atomic mass is 10.1. The third-order valence-corrected chi connectivity index (χ3v) is 3.45. The van der Waals surface area contributed by atoms with Crippen LogP contribution in [0.2, 0.25) is 0 Å². The maximum atomic E-state index is 12.3. The largest absolute Gasteiger partial charge is 0.375 e. The van der Waals surface area contributed by atoms with Gasteiger partial charge in [-0.25, -0.2) is 0 Å². The maximum absolute atomic E-state index is 12.3. The topological polar surface area (TPSA) is 58.6 Å². The van der Waals surface area contributed by atoms with Crippen LogP contribution in [0, 0.1) is 5.92 Å². The average molecular weight is 266 g/mol. The minimum absolute atomic E-state index is 0.0180. The van der Waals surface area contributed by atoms with Crippen molar-refractivity contribution in [3.8, 4) is 0 Å². The van der Waals surface area contributed by atoms with E-state index < -0.39 is 0 Å². The highest BCUT2D eigenvalue weighted by Gasteiger charge is 2.40. The van der Waals surface area contributed by atoms with Gasteiger partial charge in [0.2, 0.25) is 11.8 Å². The molecule has 1 saturated carbocycles. The summed E-state index contributed by atoms with van der Waals surface area (Å²) < 4.78 is 5.43. The van der Waals surface area contributed by atoms with E-state index in [0.29, 0.717) is 38.6 Å². The molecule has 1 aliphatic heterocycles. The summed E-state index contributed by atoms with van der Waals surface area (Å²) in [7, 11) is 0. The van der Waals surface area contributed by atoms with Crippen LogP contribution in [0.25, 0.3) is 0 Å². The SMILES string of the molecule is C=C(C)COCCN1CCC(=O)NC(C2CC2)C1=O. The molecule has 1 heterocycles. The fourth-order valence-electron chi connectivity index (χ4n) is 2.24. The summed E-state index contributed by atoms with van der Waals surface area (Å²) in [5, 5.41) is 2.84. The Balaban J connectivity index is 1.85. The number of hydrogen-bond donors (Lipinski definition) is 1. The van der Waals surface area contributed by atoms with Crippen molar-refractivity contribution in [1.29, 1.82) is 0 Å². The first-order valence-electron chi connectivity index (χ1n) is 6.88. The van der Waals surface area contributed by atoms with Gasteiger partial charge >= 0.3 is 0 Å². The van der Waals surface area contributed by atoms with Crippen molar-refractivity contribution in [2.75, 3.05) is 26.3 Å². The first-order valence-corrected chi connectivity index (χ1v) is 6.88. The van der Waals surface area contributed by atoms with Crippen LogP contribution < -0.4 is 5.32 Å². The van der Waals surface area contributed by atoms with Gasteiger partial charge in [0.05, 0.1) is 13.2 Å². The number of carbonyl (C=O) groups is 2. The third kappa shape index (κ3) is 4.06. The monoisotopic (exact) mass is 266 g/mol. The molecule has 1 unspecified atom stereocenters. The summed E-state index contributed by atoms with van der Waals surface area (Å²) in [5.74, 6) is 0.372. The Morgan fingerprint density at radius 3 is 2.84 bits per heavy atom. The van der Waals surface area contributed by atoms with Crippen LogP contribution in [-0.4, -0.2) is 49.1 Å². The Morgan fingerprint density at radius 1 is 1.47 bits per heavy atom. The van der Waals surface area contributed by atoms with Gasteiger partial charge < -0.3 is 15.0 Å². The number of carbonyl (C=O) groups excluding carboxylic acids is 2. The number of nitrogens with zero attached hydrogens (tertiary/aromatic N) is 1.